The minimum absolute atomic E-state index is 0.0845. The fraction of sp³-hybridized carbons (Fsp3) is 0.818. The molecule has 16 heavy (non-hydrogen) atoms. The first-order valence-corrected chi connectivity index (χ1v) is 5.36. The maximum atomic E-state index is 11.4. The molecule has 0 spiro atoms. The van der Waals surface area contributed by atoms with Crippen molar-refractivity contribution < 1.29 is 14.7 Å². The summed E-state index contributed by atoms with van der Waals surface area (Å²) in [5.74, 6) is -0.942. The van der Waals surface area contributed by atoms with Crippen molar-refractivity contribution in [3.05, 3.63) is 0 Å². The first-order valence-electron chi connectivity index (χ1n) is 5.36. The standard InChI is InChI=1S/C11H22N2O3/c1-8(2)12-9(14)6-13(5)7-11(3,4)10(15)16/h8H,6-7H2,1-5H3,(H,12,14)(H,15,16). The van der Waals surface area contributed by atoms with Gasteiger partial charge in [-0.3, -0.25) is 14.5 Å². The predicted octanol–water partition coefficient (Wildman–Crippen LogP) is 0.554. The summed E-state index contributed by atoms with van der Waals surface area (Å²) < 4.78 is 0. The van der Waals surface area contributed by atoms with Crippen molar-refractivity contribution in [3.63, 3.8) is 0 Å². The summed E-state index contributed by atoms with van der Waals surface area (Å²) in [7, 11) is 1.74. The van der Waals surface area contributed by atoms with Crippen LogP contribution >= 0.6 is 0 Å². The molecule has 0 atom stereocenters. The summed E-state index contributed by atoms with van der Waals surface area (Å²) in [6.45, 7) is 7.62. The third-order valence-electron chi connectivity index (χ3n) is 2.11. The zero-order chi connectivity index (χ0) is 12.9. The van der Waals surface area contributed by atoms with E-state index in [4.69, 9.17) is 5.11 Å². The van der Waals surface area contributed by atoms with Crippen LogP contribution in [0.5, 0.6) is 0 Å². The van der Waals surface area contributed by atoms with Crippen molar-refractivity contribution in [3.8, 4) is 0 Å². The van der Waals surface area contributed by atoms with Crippen LogP contribution in [0.2, 0.25) is 0 Å². The molecular weight excluding hydrogens is 208 g/mol. The van der Waals surface area contributed by atoms with Crippen LogP contribution in [0.3, 0.4) is 0 Å². The number of nitrogens with zero attached hydrogens (tertiary/aromatic N) is 1. The molecule has 0 aromatic carbocycles. The number of likely N-dealkylation sites (N-methyl/N-ethyl adjacent to an activating group) is 1. The molecule has 0 aliphatic heterocycles. The summed E-state index contributed by atoms with van der Waals surface area (Å²) in [6.07, 6.45) is 0. The molecule has 0 aromatic rings. The van der Waals surface area contributed by atoms with E-state index in [1.807, 2.05) is 13.8 Å². The molecule has 0 unspecified atom stereocenters. The SMILES string of the molecule is CC(C)NC(=O)CN(C)CC(C)(C)C(=O)O. The average Bonchev–Trinajstić information content (AvgIpc) is 1.99. The van der Waals surface area contributed by atoms with E-state index in [1.54, 1.807) is 25.8 Å². The van der Waals surface area contributed by atoms with Gasteiger partial charge in [-0.1, -0.05) is 0 Å². The summed E-state index contributed by atoms with van der Waals surface area (Å²) in [4.78, 5) is 24.0. The van der Waals surface area contributed by atoms with Crippen LogP contribution in [0.15, 0.2) is 0 Å². The zero-order valence-corrected chi connectivity index (χ0v) is 10.7. The molecule has 0 aliphatic carbocycles. The van der Waals surface area contributed by atoms with Gasteiger partial charge in [0, 0.05) is 12.6 Å². The highest BCUT2D eigenvalue weighted by Gasteiger charge is 2.29. The maximum Gasteiger partial charge on any atom is 0.310 e. The van der Waals surface area contributed by atoms with Crippen molar-refractivity contribution in [1.29, 1.82) is 0 Å². The van der Waals surface area contributed by atoms with Crippen molar-refractivity contribution in [1.82, 2.24) is 10.2 Å². The Hall–Kier alpha value is -1.10. The van der Waals surface area contributed by atoms with Crippen LogP contribution in [0.25, 0.3) is 0 Å². The molecule has 0 saturated carbocycles. The summed E-state index contributed by atoms with van der Waals surface area (Å²) in [5.41, 5.74) is -0.840. The Morgan fingerprint density at radius 3 is 2.25 bits per heavy atom. The number of carboxylic acids is 1. The molecule has 2 N–H and O–H groups in total. The number of aliphatic carboxylic acids is 1. The van der Waals surface area contributed by atoms with E-state index < -0.39 is 11.4 Å². The van der Waals surface area contributed by atoms with E-state index in [1.165, 1.54) is 0 Å². The molecule has 5 nitrogen and oxygen atoms in total. The molecule has 94 valence electrons. The van der Waals surface area contributed by atoms with Gasteiger partial charge in [-0.2, -0.15) is 0 Å². The van der Waals surface area contributed by atoms with E-state index in [0.717, 1.165) is 0 Å². The van der Waals surface area contributed by atoms with Gasteiger partial charge in [0.05, 0.1) is 12.0 Å². The normalized spacial score (nSPS) is 11.9. The zero-order valence-electron chi connectivity index (χ0n) is 10.7. The van der Waals surface area contributed by atoms with Gasteiger partial charge in [-0.15, -0.1) is 0 Å². The van der Waals surface area contributed by atoms with Gasteiger partial charge in [0.1, 0.15) is 0 Å². The van der Waals surface area contributed by atoms with Gasteiger partial charge in [-0.25, -0.2) is 0 Å². The molecule has 1 amide bonds. The van der Waals surface area contributed by atoms with Crippen LogP contribution in [-0.2, 0) is 9.59 Å². The first kappa shape index (κ1) is 14.9. The number of carbonyl (C=O) groups is 2. The summed E-state index contributed by atoms with van der Waals surface area (Å²) in [6, 6.07) is 0.105. The third kappa shape index (κ3) is 5.70. The second-order valence-electron chi connectivity index (χ2n) is 5.08. The van der Waals surface area contributed by atoms with Crippen LogP contribution < -0.4 is 5.32 Å². The minimum atomic E-state index is -0.858. The number of hydrogen-bond donors (Lipinski definition) is 2. The fourth-order valence-corrected chi connectivity index (χ4v) is 1.41. The molecule has 5 heteroatoms. The summed E-state index contributed by atoms with van der Waals surface area (Å²) >= 11 is 0. The number of hydrogen-bond acceptors (Lipinski definition) is 3. The van der Waals surface area contributed by atoms with E-state index in [-0.39, 0.29) is 18.5 Å². The molecule has 0 radical (unpaired) electrons. The lowest BCUT2D eigenvalue weighted by molar-refractivity contribution is -0.148. The molecular formula is C11H22N2O3. The fourth-order valence-electron chi connectivity index (χ4n) is 1.41. The topological polar surface area (TPSA) is 69.6 Å². The Kier molecular flexibility index (Phi) is 5.44. The number of carboxylic acid groups (broad SMARTS) is 1. The van der Waals surface area contributed by atoms with E-state index in [2.05, 4.69) is 5.32 Å². The Morgan fingerprint density at radius 1 is 1.38 bits per heavy atom. The largest absolute Gasteiger partial charge is 0.481 e. The van der Waals surface area contributed by atoms with Gasteiger partial charge >= 0.3 is 5.97 Å². The number of carbonyl (C=O) groups excluding carboxylic acids is 1. The molecule has 0 heterocycles. The highest BCUT2D eigenvalue weighted by Crippen LogP contribution is 2.15. The van der Waals surface area contributed by atoms with Crippen LogP contribution in [-0.4, -0.2) is 48.1 Å². The van der Waals surface area contributed by atoms with Gasteiger partial charge in [0.2, 0.25) is 5.91 Å². The van der Waals surface area contributed by atoms with Gasteiger partial charge in [0.25, 0.3) is 0 Å². The van der Waals surface area contributed by atoms with Crippen molar-refractivity contribution in [2.24, 2.45) is 5.41 Å². The van der Waals surface area contributed by atoms with Crippen LogP contribution in [0.1, 0.15) is 27.7 Å². The average molecular weight is 230 g/mol. The highest BCUT2D eigenvalue weighted by atomic mass is 16.4. The smallest absolute Gasteiger partial charge is 0.310 e. The monoisotopic (exact) mass is 230 g/mol. The maximum absolute atomic E-state index is 11.4. The van der Waals surface area contributed by atoms with Crippen LogP contribution in [0.4, 0.5) is 0 Å². The van der Waals surface area contributed by atoms with Crippen molar-refractivity contribution in [2.45, 2.75) is 33.7 Å². The molecule has 0 rings (SSSR count). The number of rotatable bonds is 6. The van der Waals surface area contributed by atoms with Crippen molar-refractivity contribution in [2.75, 3.05) is 20.1 Å². The first-order chi connectivity index (χ1) is 7.15. The molecule has 0 bridgehead atoms. The lowest BCUT2D eigenvalue weighted by Gasteiger charge is -2.26. The predicted molar refractivity (Wildman–Crippen MR) is 62.2 cm³/mol. The minimum Gasteiger partial charge on any atom is -0.481 e. The Bertz CT molecular complexity index is 262. The Labute approximate surface area is 96.8 Å². The molecule has 0 fully saturated rings. The van der Waals surface area contributed by atoms with Crippen LogP contribution in [0, 0.1) is 5.41 Å². The third-order valence-corrected chi connectivity index (χ3v) is 2.11. The lowest BCUT2D eigenvalue weighted by atomic mass is 9.93. The molecule has 0 saturated heterocycles. The number of nitrogens with one attached hydrogen (secondary N) is 1. The van der Waals surface area contributed by atoms with E-state index >= 15 is 0 Å². The van der Waals surface area contributed by atoms with Crippen molar-refractivity contribution >= 4 is 11.9 Å². The highest BCUT2D eigenvalue weighted by molar-refractivity contribution is 5.78. The van der Waals surface area contributed by atoms with Gasteiger partial charge in [-0.05, 0) is 34.7 Å². The lowest BCUT2D eigenvalue weighted by Crippen LogP contribution is -2.43. The number of amides is 1. The second kappa shape index (κ2) is 5.84. The van der Waals surface area contributed by atoms with Gasteiger partial charge < -0.3 is 10.4 Å². The van der Waals surface area contributed by atoms with E-state index in [0.29, 0.717) is 6.54 Å². The van der Waals surface area contributed by atoms with E-state index in [9.17, 15) is 9.59 Å². The molecule has 0 aliphatic rings. The Morgan fingerprint density at radius 2 is 1.88 bits per heavy atom. The second-order valence-corrected chi connectivity index (χ2v) is 5.08. The summed E-state index contributed by atoms with van der Waals surface area (Å²) in [5, 5.41) is 11.7. The van der Waals surface area contributed by atoms with Gasteiger partial charge in [0.15, 0.2) is 0 Å². The Balaban J connectivity index is 4.13. The quantitative estimate of drug-likeness (QED) is 0.699. The molecule has 0 aromatic heterocycles.